The quantitative estimate of drug-likeness (QED) is 0.403. The van der Waals surface area contributed by atoms with E-state index < -0.39 is 0 Å². The number of nitrogens with zero attached hydrogens (tertiary/aromatic N) is 3. The normalized spacial score (nSPS) is 16.2. The van der Waals surface area contributed by atoms with Crippen LogP contribution in [0.3, 0.4) is 0 Å². The summed E-state index contributed by atoms with van der Waals surface area (Å²) in [6.07, 6.45) is 3.00. The minimum absolute atomic E-state index is 0.0989. The predicted octanol–water partition coefficient (Wildman–Crippen LogP) is 5.92. The van der Waals surface area contributed by atoms with E-state index in [-0.39, 0.29) is 11.7 Å². The molecule has 29 heavy (non-hydrogen) atoms. The maximum Gasteiger partial charge on any atom is 0.166 e. The third-order valence-corrected chi connectivity index (χ3v) is 6.01. The number of hydrogen-bond acceptors (Lipinski definition) is 3. The van der Waals surface area contributed by atoms with Gasteiger partial charge in [0.1, 0.15) is 0 Å². The first-order valence-corrected chi connectivity index (χ1v) is 10.2. The number of aromatic nitrogens is 3. The van der Waals surface area contributed by atoms with Crippen molar-refractivity contribution in [3.63, 3.8) is 0 Å². The summed E-state index contributed by atoms with van der Waals surface area (Å²) in [7, 11) is 0. The fourth-order valence-electron chi connectivity index (χ4n) is 4.07. The number of hydrogen-bond donors (Lipinski definition) is 0. The predicted molar refractivity (Wildman–Crippen MR) is 115 cm³/mol. The Morgan fingerprint density at radius 3 is 2.31 bits per heavy atom. The third-order valence-electron chi connectivity index (χ3n) is 5.51. The van der Waals surface area contributed by atoms with Crippen molar-refractivity contribution in [2.75, 3.05) is 0 Å². The van der Waals surface area contributed by atoms with E-state index in [1.807, 2.05) is 61.7 Å². The molecule has 0 saturated carbocycles. The molecule has 0 aliphatic heterocycles. The standard InChI is InChI=1S/C23H17Cl2N3O/c1-13-22(15-4-8-18(25)9-5-15)23-26-20-10-16(14-2-6-17(24)7-3-14)11-21(29)19(20)12-28(23)27-13/h2-9,12,16H,10-11H2,1H3. The summed E-state index contributed by atoms with van der Waals surface area (Å²) in [5, 5.41) is 5.97. The first-order valence-electron chi connectivity index (χ1n) is 9.43. The molecular formula is C23H17Cl2N3O. The summed E-state index contributed by atoms with van der Waals surface area (Å²) in [5.41, 5.74) is 6.18. The van der Waals surface area contributed by atoms with Crippen LogP contribution in [0, 0.1) is 6.92 Å². The Bertz CT molecular complexity index is 1240. The highest BCUT2D eigenvalue weighted by molar-refractivity contribution is 6.30. The Balaban J connectivity index is 1.62. The summed E-state index contributed by atoms with van der Waals surface area (Å²) in [6, 6.07) is 15.4. The highest BCUT2D eigenvalue weighted by atomic mass is 35.5. The highest BCUT2D eigenvalue weighted by Gasteiger charge is 2.29. The summed E-state index contributed by atoms with van der Waals surface area (Å²) in [6.45, 7) is 1.95. The average molecular weight is 422 g/mol. The van der Waals surface area contributed by atoms with Crippen LogP contribution in [0.1, 0.15) is 39.6 Å². The Labute approximate surface area is 178 Å². The van der Waals surface area contributed by atoms with E-state index in [1.54, 1.807) is 4.52 Å². The molecule has 0 spiro atoms. The highest BCUT2D eigenvalue weighted by Crippen LogP contribution is 2.35. The maximum atomic E-state index is 12.9. The molecule has 0 bridgehead atoms. The summed E-state index contributed by atoms with van der Waals surface area (Å²) < 4.78 is 1.72. The number of carbonyl (C=O) groups excluding carboxylic acids is 1. The SMILES string of the molecule is Cc1nn2cc3c(nc2c1-c1ccc(Cl)cc1)CC(c1ccc(Cl)cc1)CC3=O. The van der Waals surface area contributed by atoms with Gasteiger partial charge in [0.25, 0.3) is 0 Å². The van der Waals surface area contributed by atoms with Crippen molar-refractivity contribution in [3.8, 4) is 11.1 Å². The van der Waals surface area contributed by atoms with Gasteiger partial charge in [-0.3, -0.25) is 4.79 Å². The zero-order valence-electron chi connectivity index (χ0n) is 15.7. The van der Waals surface area contributed by atoms with E-state index in [0.29, 0.717) is 28.5 Å². The van der Waals surface area contributed by atoms with Gasteiger partial charge in [0, 0.05) is 28.2 Å². The molecule has 4 nitrogen and oxygen atoms in total. The molecule has 0 fully saturated rings. The van der Waals surface area contributed by atoms with Gasteiger partial charge in [-0.15, -0.1) is 0 Å². The molecule has 4 aromatic rings. The number of carbonyl (C=O) groups is 1. The number of halogens is 2. The Hall–Kier alpha value is -2.69. The third kappa shape index (κ3) is 3.22. The molecule has 1 unspecified atom stereocenters. The van der Waals surface area contributed by atoms with Crippen molar-refractivity contribution in [3.05, 3.63) is 87.3 Å². The fraction of sp³-hybridized carbons (Fsp3) is 0.174. The molecule has 1 aliphatic carbocycles. The summed E-state index contributed by atoms with van der Waals surface area (Å²) in [5.74, 6) is 0.201. The smallest absolute Gasteiger partial charge is 0.166 e. The zero-order chi connectivity index (χ0) is 20.1. The molecule has 0 N–H and O–H groups in total. The molecule has 144 valence electrons. The van der Waals surface area contributed by atoms with Crippen molar-refractivity contribution < 1.29 is 4.79 Å². The number of ketones is 1. The molecule has 1 aliphatic rings. The number of aryl methyl sites for hydroxylation is 1. The molecule has 0 amide bonds. The first kappa shape index (κ1) is 18.3. The van der Waals surface area contributed by atoms with Gasteiger partial charge in [-0.2, -0.15) is 5.10 Å². The lowest BCUT2D eigenvalue weighted by molar-refractivity contribution is 0.0962. The summed E-state index contributed by atoms with van der Waals surface area (Å²) >= 11 is 12.1. The van der Waals surface area contributed by atoms with Crippen LogP contribution in [0.4, 0.5) is 0 Å². The maximum absolute atomic E-state index is 12.9. The van der Waals surface area contributed by atoms with Crippen LogP contribution in [0.15, 0.2) is 54.7 Å². The molecule has 6 heteroatoms. The van der Waals surface area contributed by atoms with E-state index >= 15 is 0 Å². The first-order chi connectivity index (χ1) is 14.0. The molecule has 1 atom stereocenters. The molecule has 2 aromatic carbocycles. The van der Waals surface area contributed by atoms with Crippen LogP contribution in [0.5, 0.6) is 0 Å². The number of benzene rings is 2. The van der Waals surface area contributed by atoms with Crippen molar-refractivity contribution >= 4 is 34.6 Å². The van der Waals surface area contributed by atoms with Gasteiger partial charge in [-0.05, 0) is 54.7 Å². The number of rotatable bonds is 2. The van der Waals surface area contributed by atoms with Crippen LogP contribution >= 0.6 is 23.2 Å². The molecule has 2 aromatic heterocycles. The van der Waals surface area contributed by atoms with Gasteiger partial charge < -0.3 is 0 Å². The van der Waals surface area contributed by atoms with Gasteiger partial charge in [-0.1, -0.05) is 47.5 Å². The van der Waals surface area contributed by atoms with Crippen molar-refractivity contribution in [2.24, 2.45) is 0 Å². The molecule has 2 heterocycles. The van der Waals surface area contributed by atoms with Crippen LogP contribution in [0.2, 0.25) is 10.0 Å². The topological polar surface area (TPSA) is 47.3 Å². The number of fused-ring (bicyclic) bond motifs is 2. The average Bonchev–Trinajstić information content (AvgIpc) is 3.02. The largest absolute Gasteiger partial charge is 0.294 e. The molecule has 5 rings (SSSR count). The zero-order valence-corrected chi connectivity index (χ0v) is 17.2. The Kier molecular flexibility index (Phi) is 4.41. The van der Waals surface area contributed by atoms with Crippen molar-refractivity contribution in [2.45, 2.75) is 25.7 Å². The lowest BCUT2D eigenvalue weighted by Crippen LogP contribution is -2.21. The van der Waals surface area contributed by atoms with Crippen LogP contribution in [-0.2, 0) is 6.42 Å². The second kappa shape index (κ2) is 6.97. The van der Waals surface area contributed by atoms with Crippen molar-refractivity contribution in [1.82, 2.24) is 14.6 Å². The Morgan fingerprint density at radius 2 is 1.62 bits per heavy atom. The molecular weight excluding hydrogens is 405 g/mol. The minimum Gasteiger partial charge on any atom is -0.294 e. The van der Waals surface area contributed by atoms with E-state index in [4.69, 9.17) is 28.2 Å². The lowest BCUT2D eigenvalue weighted by atomic mass is 9.82. The summed E-state index contributed by atoms with van der Waals surface area (Å²) in [4.78, 5) is 17.8. The van der Waals surface area contributed by atoms with Crippen molar-refractivity contribution in [1.29, 1.82) is 0 Å². The molecule has 0 radical (unpaired) electrons. The van der Waals surface area contributed by atoms with Gasteiger partial charge in [0.2, 0.25) is 0 Å². The van der Waals surface area contributed by atoms with Crippen LogP contribution in [0.25, 0.3) is 16.8 Å². The number of Topliss-reactive ketones (excluding diaryl/α,β-unsaturated/α-hetero) is 1. The van der Waals surface area contributed by atoms with E-state index in [9.17, 15) is 4.79 Å². The fourth-order valence-corrected chi connectivity index (χ4v) is 4.32. The molecule has 0 saturated heterocycles. The second-order valence-corrected chi connectivity index (χ2v) is 8.29. The Morgan fingerprint density at radius 1 is 0.966 bits per heavy atom. The lowest BCUT2D eigenvalue weighted by Gasteiger charge is -2.23. The van der Waals surface area contributed by atoms with Gasteiger partial charge in [0.15, 0.2) is 11.4 Å². The monoisotopic (exact) mass is 421 g/mol. The van der Waals surface area contributed by atoms with Gasteiger partial charge in [0.05, 0.1) is 17.0 Å². The van der Waals surface area contributed by atoms with Gasteiger partial charge >= 0.3 is 0 Å². The minimum atomic E-state index is 0.0989. The van der Waals surface area contributed by atoms with Crippen LogP contribution in [-0.4, -0.2) is 20.4 Å². The van der Waals surface area contributed by atoms with Gasteiger partial charge in [-0.25, -0.2) is 9.50 Å². The second-order valence-electron chi connectivity index (χ2n) is 7.42. The van der Waals surface area contributed by atoms with E-state index in [1.165, 1.54) is 0 Å². The van der Waals surface area contributed by atoms with E-state index in [2.05, 4.69) is 5.10 Å². The van der Waals surface area contributed by atoms with Crippen LogP contribution < -0.4 is 0 Å². The van der Waals surface area contributed by atoms with E-state index in [0.717, 1.165) is 33.7 Å².